The molecule has 4 aromatic heterocycles. The zero-order valence-corrected chi connectivity index (χ0v) is 32.8. The van der Waals surface area contributed by atoms with Gasteiger partial charge in [0.2, 0.25) is 0 Å². The summed E-state index contributed by atoms with van der Waals surface area (Å²) in [5.74, 6) is 3.21. The molecule has 48 heavy (non-hydrogen) atoms. The molecule has 3 aromatic carbocycles. The van der Waals surface area contributed by atoms with E-state index in [2.05, 4.69) is 114 Å². The van der Waals surface area contributed by atoms with Gasteiger partial charge in [0.05, 0.1) is 18.8 Å². The molecular weight excluding hydrogens is 657 g/mol. The summed E-state index contributed by atoms with van der Waals surface area (Å²) in [6, 6.07) is 28.5. The minimum atomic E-state index is 0.785. The molecule has 0 amide bonds. The lowest BCUT2D eigenvalue weighted by Crippen LogP contribution is -2.01. The van der Waals surface area contributed by atoms with E-state index in [0.717, 1.165) is 23.7 Å². The van der Waals surface area contributed by atoms with Gasteiger partial charge in [0, 0.05) is 29.9 Å². The van der Waals surface area contributed by atoms with Crippen molar-refractivity contribution < 1.29 is 0 Å². The second-order valence-corrected chi connectivity index (χ2v) is 19.5. The number of aryl methyl sites for hydroxylation is 2. The van der Waals surface area contributed by atoms with Crippen LogP contribution in [0.15, 0.2) is 72.8 Å². The van der Waals surface area contributed by atoms with Crippen molar-refractivity contribution in [3.05, 3.63) is 83.9 Å². The molecule has 0 fully saturated rings. The third-order valence-corrected chi connectivity index (χ3v) is 15.3. The van der Waals surface area contributed by atoms with Gasteiger partial charge in [0.25, 0.3) is 0 Å². The summed E-state index contributed by atoms with van der Waals surface area (Å²) in [4.78, 5) is 2.77. The minimum absolute atomic E-state index is 0.785. The molecule has 0 radical (unpaired) electrons. The summed E-state index contributed by atoms with van der Waals surface area (Å²) in [6.45, 7) is 14.2. The zero-order chi connectivity index (χ0) is 33.4. The number of benzene rings is 3. The van der Waals surface area contributed by atoms with E-state index in [4.69, 9.17) is 0 Å². The number of hydrogen-bond donors (Lipinski definition) is 0. The van der Waals surface area contributed by atoms with Gasteiger partial charge in [-0.1, -0.05) is 121 Å². The first-order valence-corrected chi connectivity index (χ1v) is 21.5. The first kappa shape index (κ1) is 34.0. The van der Waals surface area contributed by atoms with Crippen molar-refractivity contribution in [3.63, 3.8) is 0 Å². The van der Waals surface area contributed by atoms with Gasteiger partial charge in [0.1, 0.15) is 0 Å². The molecule has 2 atom stereocenters. The maximum atomic E-state index is 2.44. The topological polar surface area (TPSA) is 0 Å². The van der Waals surface area contributed by atoms with E-state index in [9.17, 15) is 0 Å². The van der Waals surface area contributed by atoms with Crippen molar-refractivity contribution in [1.82, 2.24) is 0 Å². The quantitative estimate of drug-likeness (QED) is 0.106. The predicted octanol–water partition coefficient (Wildman–Crippen LogP) is 15.9. The fourth-order valence-electron chi connectivity index (χ4n) is 7.34. The Hall–Kier alpha value is -2.50. The van der Waals surface area contributed by atoms with Crippen LogP contribution in [0.4, 0.5) is 0 Å². The minimum Gasteiger partial charge on any atom is -0.134 e. The summed E-state index contributed by atoms with van der Waals surface area (Å²) in [7, 11) is 0. The molecule has 250 valence electrons. The Kier molecular flexibility index (Phi) is 10.5. The van der Waals surface area contributed by atoms with Crippen LogP contribution in [0.2, 0.25) is 0 Å². The van der Waals surface area contributed by atoms with Gasteiger partial charge in [-0.3, -0.25) is 0 Å². The number of fused-ring (bicyclic) bond motifs is 7. The molecule has 4 heterocycles. The molecule has 0 spiro atoms. The van der Waals surface area contributed by atoms with Crippen LogP contribution in [0.5, 0.6) is 0 Å². The summed E-state index contributed by atoms with van der Waals surface area (Å²) in [6.07, 6.45) is 10.3. The Morgan fingerprint density at radius 1 is 0.458 bits per heavy atom. The Balaban J connectivity index is 1.05. The zero-order valence-electron chi connectivity index (χ0n) is 29.5. The highest BCUT2D eigenvalue weighted by Gasteiger charge is 2.18. The van der Waals surface area contributed by atoms with Gasteiger partial charge in [-0.15, -0.1) is 45.3 Å². The van der Waals surface area contributed by atoms with Crippen molar-refractivity contribution >= 4 is 84.3 Å². The molecule has 0 aliphatic rings. The third kappa shape index (κ3) is 7.48. The smallest absolute Gasteiger partial charge is 0.0542 e. The van der Waals surface area contributed by atoms with Gasteiger partial charge in [0.15, 0.2) is 0 Å². The summed E-state index contributed by atoms with van der Waals surface area (Å²) >= 11 is 7.90. The van der Waals surface area contributed by atoms with E-state index < -0.39 is 0 Å². The molecule has 0 N–H and O–H groups in total. The Morgan fingerprint density at radius 3 is 1.40 bits per heavy atom. The fourth-order valence-corrected chi connectivity index (χ4v) is 12.7. The monoisotopic (exact) mass is 706 g/mol. The van der Waals surface area contributed by atoms with Gasteiger partial charge < -0.3 is 0 Å². The van der Waals surface area contributed by atoms with Crippen molar-refractivity contribution in [2.45, 2.75) is 92.9 Å². The average molecular weight is 707 g/mol. The second-order valence-electron chi connectivity index (χ2n) is 15.3. The van der Waals surface area contributed by atoms with Crippen LogP contribution in [-0.2, 0) is 12.8 Å². The van der Waals surface area contributed by atoms with E-state index in [1.807, 2.05) is 45.3 Å². The summed E-state index contributed by atoms with van der Waals surface area (Å²) in [5.41, 5.74) is 5.64. The maximum Gasteiger partial charge on any atom is 0.0542 e. The van der Waals surface area contributed by atoms with E-state index in [-0.39, 0.29) is 0 Å². The van der Waals surface area contributed by atoms with Crippen molar-refractivity contribution in [2.24, 2.45) is 23.7 Å². The lowest BCUT2D eigenvalue weighted by atomic mass is 9.93. The molecule has 7 aromatic rings. The normalized spacial score (nSPS) is 13.7. The van der Waals surface area contributed by atoms with Crippen LogP contribution in [0.1, 0.15) is 91.2 Å². The van der Waals surface area contributed by atoms with Crippen LogP contribution in [0.3, 0.4) is 0 Å². The van der Waals surface area contributed by atoms with Crippen molar-refractivity contribution in [2.75, 3.05) is 0 Å². The van der Waals surface area contributed by atoms with E-state index in [1.54, 1.807) is 0 Å². The predicted molar refractivity (Wildman–Crippen MR) is 222 cm³/mol. The first-order chi connectivity index (χ1) is 23.2. The molecule has 0 aliphatic carbocycles. The van der Waals surface area contributed by atoms with Crippen molar-refractivity contribution in [1.29, 1.82) is 0 Å². The van der Waals surface area contributed by atoms with E-state index in [0.29, 0.717) is 0 Å². The number of rotatable bonds is 14. The molecule has 7 rings (SSSR count). The van der Waals surface area contributed by atoms with Gasteiger partial charge >= 0.3 is 0 Å². The van der Waals surface area contributed by atoms with Crippen molar-refractivity contribution in [3.8, 4) is 20.9 Å². The van der Waals surface area contributed by atoms with Crippen LogP contribution < -0.4 is 0 Å². The highest BCUT2D eigenvalue weighted by Crippen LogP contribution is 2.50. The fraction of sp³-hybridized carbons (Fsp3) is 0.409. The maximum absolute atomic E-state index is 2.44. The van der Waals surface area contributed by atoms with Gasteiger partial charge in [-0.2, -0.15) is 0 Å². The van der Waals surface area contributed by atoms with Crippen LogP contribution in [0, 0.1) is 23.7 Å². The summed E-state index contributed by atoms with van der Waals surface area (Å²) in [5, 5.41) is 2.85. The third-order valence-electron chi connectivity index (χ3n) is 10.1. The van der Waals surface area contributed by atoms with Crippen LogP contribution >= 0.6 is 45.3 Å². The number of hydrogen-bond acceptors (Lipinski definition) is 4. The molecule has 0 saturated carbocycles. The van der Waals surface area contributed by atoms with Gasteiger partial charge in [-0.05, 0) is 90.2 Å². The SMILES string of the molecule is CC(C)CCCC(C)CCc1ccc(-c2cc3sc4c(ccc5c6sc(-c7ccc(CCC(C)CC(C)C)cc7)cc6sc54)c3s2)cc1. The molecule has 0 aliphatic heterocycles. The van der Waals surface area contributed by atoms with Gasteiger partial charge in [-0.25, -0.2) is 0 Å². The molecular formula is C44H50S4. The molecule has 0 bridgehead atoms. The average Bonchev–Trinajstić information content (AvgIpc) is 3.82. The largest absolute Gasteiger partial charge is 0.134 e. The van der Waals surface area contributed by atoms with E-state index in [1.165, 1.54) is 122 Å². The molecule has 0 saturated heterocycles. The Labute approximate surface area is 303 Å². The number of thiophene rings is 4. The Morgan fingerprint density at radius 2 is 0.938 bits per heavy atom. The second kappa shape index (κ2) is 14.8. The Bertz CT molecular complexity index is 2110. The lowest BCUT2D eigenvalue weighted by molar-refractivity contribution is 0.415. The highest BCUT2D eigenvalue weighted by atomic mass is 32.1. The van der Waals surface area contributed by atoms with Crippen LogP contribution in [0.25, 0.3) is 59.9 Å². The molecule has 0 nitrogen and oxygen atoms in total. The lowest BCUT2D eigenvalue weighted by Gasteiger charge is -2.13. The standard InChI is InChI=1S/C44H50S4/c1-27(2)8-7-9-29(5)10-12-31-14-18-33(19-15-31)37-25-39-41(45-37)35-22-23-36-42-40(48-44(36)43(35)47-39)26-38(46-42)34-20-16-32(17-21-34)13-11-30(6)24-28(3)4/h14-23,25-30H,7-13,24H2,1-6H3. The van der Waals surface area contributed by atoms with Crippen LogP contribution in [-0.4, -0.2) is 0 Å². The highest BCUT2D eigenvalue weighted by molar-refractivity contribution is 7.39. The molecule has 4 heteroatoms. The first-order valence-electron chi connectivity index (χ1n) is 18.2. The van der Waals surface area contributed by atoms with E-state index >= 15 is 0 Å². The molecule has 2 unspecified atom stereocenters. The summed E-state index contributed by atoms with van der Waals surface area (Å²) < 4.78 is 8.66.